The zero-order valence-electron chi connectivity index (χ0n) is 19.4. The van der Waals surface area contributed by atoms with Gasteiger partial charge in [-0.2, -0.15) is 0 Å². The first-order chi connectivity index (χ1) is 15.9. The SMILES string of the molecule is CCCNC(=O)C(C)(C)Nc1nc(-c2c[nH]c3ncccc23)nc2cc(OC)c(OC)cc12. The Morgan fingerprint density at radius 3 is 2.61 bits per heavy atom. The van der Waals surface area contributed by atoms with E-state index in [4.69, 9.17) is 19.4 Å². The number of fused-ring (bicyclic) bond motifs is 2. The highest BCUT2D eigenvalue weighted by molar-refractivity contribution is 5.98. The Morgan fingerprint density at radius 2 is 1.88 bits per heavy atom. The van der Waals surface area contributed by atoms with Crippen molar-refractivity contribution in [3.8, 4) is 22.9 Å². The van der Waals surface area contributed by atoms with Crippen LogP contribution in [0.1, 0.15) is 27.2 Å². The summed E-state index contributed by atoms with van der Waals surface area (Å²) in [6, 6.07) is 7.46. The van der Waals surface area contributed by atoms with E-state index < -0.39 is 5.54 Å². The van der Waals surface area contributed by atoms with Crippen LogP contribution >= 0.6 is 0 Å². The van der Waals surface area contributed by atoms with Crippen LogP contribution in [0.15, 0.2) is 36.7 Å². The second-order valence-electron chi connectivity index (χ2n) is 8.23. The second-order valence-corrected chi connectivity index (χ2v) is 8.23. The second kappa shape index (κ2) is 8.93. The van der Waals surface area contributed by atoms with Crippen LogP contribution in [0.5, 0.6) is 11.5 Å². The molecule has 0 aliphatic heterocycles. The van der Waals surface area contributed by atoms with E-state index in [-0.39, 0.29) is 5.91 Å². The molecule has 0 aliphatic rings. The van der Waals surface area contributed by atoms with Crippen LogP contribution in [0.25, 0.3) is 33.3 Å². The van der Waals surface area contributed by atoms with Gasteiger partial charge in [-0.05, 0) is 38.5 Å². The maximum Gasteiger partial charge on any atom is 0.245 e. The van der Waals surface area contributed by atoms with Crippen molar-refractivity contribution in [3.63, 3.8) is 0 Å². The number of anilines is 1. The van der Waals surface area contributed by atoms with Crippen LogP contribution in [-0.4, -0.2) is 52.1 Å². The number of hydrogen-bond donors (Lipinski definition) is 3. The van der Waals surface area contributed by atoms with Gasteiger partial charge in [-0.3, -0.25) is 4.79 Å². The summed E-state index contributed by atoms with van der Waals surface area (Å²) in [6.07, 6.45) is 4.42. The molecule has 0 saturated carbocycles. The Bertz CT molecular complexity index is 1310. The number of rotatable bonds is 8. The Balaban J connectivity index is 1.90. The molecule has 3 N–H and O–H groups in total. The molecule has 0 fully saturated rings. The molecule has 172 valence electrons. The molecule has 33 heavy (non-hydrogen) atoms. The number of aromatic nitrogens is 4. The van der Waals surface area contributed by atoms with E-state index in [9.17, 15) is 4.79 Å². The number of aromatic amines is 1. The van der Waals surface area contributed by atoms with Crippen LogP contribution < -0.4 is 20.1 Å². The van der Waals surface area contributed by atoms with Crippen LogP contribution in [0.2, 0.25) is 0 Å². The number of carbonyl (C=O) groups is 1. The number of hydrogen-bond acceptors (Lipinski definition) is 7. The lowest BCUT2D eigenvalue weighted by molar-refractivity contribution is -0.124. The van der Waals surface area contributed by atoms with Crippen LogP contribution in [0, 0.1) is 0 Å². The predicted octanol–water partition coefficient (Wildman–Crippen LogP) is 3.91. The molecule has 0 bridgehead atoms. The first kappa shape index (κ1) is 22.3. The van der Waals surface area contributed by atoms with E-state index in [0.717, 1.165) is 23.0 Å². The molecule has 0 unspecified atom stereocenters. The van der Waals surface area contributed by atoms with E-state index in [1.807, 2.05) is 51.2 Å². The summed E-state index contributed by atoms with van der Waals surface area (Å²) in [5.41, 5.74) is 1.30. The minimum Gasteiger partial charge on any atom is -0.493 e. The molecule has 9 nitrogen and oxygen atoms in total. The lowest BCUT2D eigenvalue weighted by atomic mass is 10.0. The van der Waals surface area contributed by atoms with Gasteiger partial charge in [0.15, 0.2) is 17.3 Å². The molecule has 0 atom stereocenters. The summed E-state index contributed by atoms with van der Waals surface area (Å²) < 4.78 is 11.0. The van der Waals surface area contributed by atoms with Gasteiger partial charge >= 0.3 is 0 Å². The normalized spacial score (nSPS) is 11.5. The van der Waals surface area contributed by atoms with Gasteiger partial charge in [-0.25, -0.2) is 15.0 Å². The quantitative estimate of drug-likeness (QED) is 0.374. The van der Waals surface area contributed by atoms with E-state index in [1.54, 1.807) is 20.4 Å². The van der Waals surface area contributed by atoms with Crippen molar-refractivity contribution >= 4 is 33.7 Å². The van der Waals surface area contributed by atoms with Crippen molar-refractivity contribution < 1.29 is 14.3 Å². The third-order valence-electron chi connectivity index (χ3n) is 5.43. The maximum atomic E-state index is 12.8. The van der Waals surface area contributed by atoms with Gasteiger partial charge in [0.25, 0.3) is 0 Å². The summed E-state index contributed by atoms with van der Waals surface area (Å²) >= 11 is 0. The first-order valence-electron chi connectivity index (χ1n) is 10.8. The zero-order chi connectivity index (χ0) is 23.6. The first-order valence-corrected chi connectivity index (χ1v) is 10.8. The zero-order valence-corrected chi connectivity index (χ0v) is 19.4. The number of H-pyrrole nitrogens is 1. The summed E-state index contributed by atoms with van der Waals surface area (Å²) in [5, 5.41) is 7.89. The topological polar surface area (TPSA) is 114 Å². The summed E-state index contributed by atoms with van der Waals surface area (Å²) in [4.78, 5) is 30.0. The molecule has 1 aromatic carbocycles. The molecular weight excluding hydrogens is 420 g/mol. The molecular formula is C24H28N6O3. The van der Waals surface area contributed by atoms with E-state index in [0.29, 0.717) is 40.6 Å². The molecule has 9 heteroatoms. The van der Waals surface area contributed by atoms with Crippen molar-refractivity contribution in [1.82, 2.24) is 25.3 Å². The standard InChI is InChI=1S/C24H28N6O3/c1-6-9-26-23(31)24(2,3)30-22-15-11-18(32-4)19(33-5)12-17(15)28-21(29-22)16-13-27-20-14(16)8-7-10-25-20/h7-8,10-13H,6,9H2,1-5H3,(H,25,27)(H,26,31)(H,28,29,30). The van der Waals surface area contributed by atoms with Gasteiger partial charge in [0, 0.05) is 41.3 Å². The van der Waals surface area contributed by atoms with Crippen molar-refractivity contribution in [2.24, 2.45) is 0 Å². The number of nitrogens with zero attached hydrogens (tertiary/aromatic N) is 3. The van der Waals surface area contributed by atoms with E-state index >= 15 is 0 Å². The molecule has 3 aromatic heterocycles. The van der Waals surface area contributed by atoms with Crippen molar-refractivity contribution in [2.45, 2.75) is 32.7 Å². The van der Waals surface area contributed by atoms with E-state index in [1.165, 1.54) is 0 Å². The third-order valence-corrected chi connectivity index (χ3v) is 5.43. The van der Waals surface area contributed by atoms with Gasteiger partial charge in [-0.15, -0.1) is 0 Å². The Labute approximate surface area is 191 Å². The van der Waals surface area contributed by atoms with Crippen LogP contribution in [-0.2, 0) is 4.79 Å². The Morgan fingerprint density at radius 1 is 1.12 bits per heavy atom. The highest BCUT2D eigenvalue weighted by atomic mass is 16.5. The van der Waals surface area contributed by atoms with Gasteiger partial charge < -0.3 is 25.1 Å². The fraction of sp³-hybridized carbons (Fsp3) is 0.333. The minimum atomic E-state index is -0.914. The molecule has 0 aliphatic carbocycles. The molecule has 0 spiro atoms. The van der Waals surface area contributed by atoms with Crippen molar-refractivity contribution in [2.75, 3.05) is 26.1 Å². The third kappa shape index (κ3) is 4.26. The van der Waals surface area contributed by atoms with Gasteiger partial charge in [-0.1, -0.05) is 6.92 Å². The highest BCUT2D eigenvalue weighted by Gasteiger charge is 2.29. The number of methoxy groups -OCH3 is 2. The van der Waals surface area contributed by atoms with Gasteiger partial charge in [0.1, 0.15) is 17.0 Å². The smallest absolute Gasteiger partial charge is 0.245 e. The van der Waals surface area contributed by atoms with Crippen molar-refractivity contribution in [1.29, 1.82) is 0 Å². The number of ether oxygens (including phenoxy) is 2. The Kier molecular flexibility index (Phi) is 6.04. The largest absolute Gasteiger partial charge is 0.493 e. The van der Waals surface area contributed by atoms with Gasteiger partial charge in [0.05, 0.1) is 19.7 Å². The Hall–Kier alpha value is -3.88. The molecule has 3 heterocycles. The lowest BCUT2D eigenvalue weighted by Crippen LogP contribution is -2.48. The fourth-order valence-corrected chi connectivity index (χ4v) is 3.62. The summed E-state index contributed by atoms with van der Waals surface area (Å²) in [5.74, 6) is 2.01. The lowest BCUT2D eigenvalue weighted by Gasteiger charge is -2.26. The molecule has 0 radical (unpaired) electrons. The molecule has 4 rings (SSSR count). The molecule has 1 amide bonds. The fourth-order valence-electron chi connectivity index (χ4n) is 3.62. The number of carbonyl (C=O) groups excluding carboxylic acids is 1. The van der Waals surface area contributed by atoms with Crippen LogP contribution in [0.4, 0.5) is 5.82 Å². The summed E-state index contributed by atoms with van der Waals surface area (Å²) in [6.45, 7) is 6.26. The molecule has 0 saturated heterocycles. The van der Waals surface area contributed by atoms with Crippen LogP contribution in [0.3, 0.4) is 0 Å². The average molecular weight is 449 g/mol. The minimum absolute atomic E-state index is 0.116. The number of benzene rings is 1. The molecule has 4 aromatic rings. The maximum absolute atomic E-state index is 12.8. The average Bonchev–Trinajstić information content (AvgIpc) is 3.25. The highest BCUT2D eigenvalue weighted by Crippen LogP contribution is 2.37. The number of pyridine rings is 1. The van der Waals surface area contributed by atoms with E-state index in [2.05, 4.69) is 20.6 Å². The van der Waals surface area contributed by atoms with Gasteiger partial charge in [0.2, 0.25) is 5.91 Å². The monoisotopic (exact) mass is 448 g/mol. The summed E-state index contributed by atoms with van der Waals surface area (Å²) in [7, 11) is 3.16. The number of nitrogens with one attached hydrogen (secondary N) is 3. The predicted molar refractivity (Wildman–Crippen MR) is 129 cm³/mol. The van der Waals surface area contributed by atoms with Crippen molar-refractivity contribution in [3.05, 3.63) is 36.7 Å². The number of amides is 1.